The van der Waals surface area contributed by atoms with E-state index in [0.29, 0.717) is 17.9 Å². The molecule has 0 fully saturated rings. The number of aromatic hydroxyl groups is 1. The summed E-state index contributed by atoms with van der Waals surface area (Å²) in [6, 6.07) is 19.9. The summed E-state index contributed by atoms with van der Waals surface area (Å²) >= 11 is 0. The highest BCUT2D eigenvalue weighted by atomic mass is 16.3. The second-order valence-corrected chi connectivity index (χ2v) is 6.98. The van der Waals surface area contributed by atoms with E-state index in [1.165, 1.54) is 11.6 Å². The maximum absolute atomic E-state index is 13.2. The Morgan fingerprint density at radius 3 is 2.53 bits per heavy atom. The van der Waals surface area contributed by atoms with Gasteiger partial charge in [0.2, 0.25) is 0 Å². The lowest BCUT2D eigenvalue weighted by Crippen LogP contribution is -2.28. The Hall–Kier alpha value is -3.93. The van der Waals surface area contributed by atoms with Gasteiger partial charge >= 0.3 is 0 Å². The molecule has 4 rings (SSSR count). The summed E-state index contributed by atoms with van der Waals surface area (Å²) in [4.78, 5) is 25.8. The maximum Gasteiger partial charge on any atom is 0.291 e. The van der Waals surface area contributed by atoms with E-state index in [1.54, 1.807) is 18.2 Å². The van der Waals surface area contributed by atoms with Gasteiger partial charge in [-0.2, -0.15) is 5.10 Å². The van der Waals surface area contributed by atoms with Gasteiger partial charge in [0.1, 0.15) is 17.1 Å². The number of carbonyl (C=O) groups is 1. The van der Waals surface area contributed by atoms with Gasteiger partial charge in [-0.25, -0.2) is 4.68 Å². The number of Topliss-reactive ketones (excluding diaryl/α,β-unsaturated/α-hetero) is 1. The molecule has 0 aliphatic rings. The lowest BCUT2D eigenvalue weighted by molar-refractivity contribution is 0.101. The molecule has 6 heteroatoms. The molecule has 4 aromatic rings. The second-order valence-electron chi connectivity index (χ2n) is 6.98. The van der Waals surface area contributed by atoms with Crippen LogP contribution in [-0.4, -0.2) is 20.7 Å². The molecule has 0 spiro atoms. The van der Waals surface area contributed by atoms with Gasteiger partial charge in [0.05, 0.1) is 5.56 Å². The van der Waals surface area contributed by atoms with Gasteiger partial charge in [-0.1, -0.05) is 48.5 Å². The first-order valence-electron chi connectivity index (χ1n) is 9.70. The summed E-state index contributed by atoms with van der Waals surface area (Å²) in [5, 5.41) is 19.2. The average molecular weight is 399 g/mol. The highest BCUT2D eigenvalue weighted by Gasteiger charge is 2.22. The molecule has 0 amide bonds. The van der Waals surface area contributed by atoms with Crippen LogP contribution in [0.25, 0.3) is 22.0 Å². The highest BCUT2D eigenvalue weighted by Crippen LogP contribution is 2.32. The molecule has 0 unspecified atom stereocenters. The average Bonchev–Trinajstić information content (AvgIpc) is 2.75. The predicted molar refractivity (Wildman–Crippen MR) is 119 cm³/mol. The van der Waals surface area contributed by atoms with Crippen molar-refractivity contribution < 1.29 is 9.90 Å². The molecule has 1 heterocycles. The second kappa shape index (κ2) is 7.83. The molecule has 0 saturated heterocycles. The van der Waals surface area contributed by atoms with Crippen LogP contribution in [0.2, 0.25) is 0 Å². The molecule has 6 nitrogen and oxygen atoms in total. The quantitative estimate of drug-likeness (QED) is 0.474. The van der Waals surface area contributed by atoms with E-state index in [2.05, 4.69) is 10.4 Å². The Morgan fingerprint density at radius 2 is 1.83 bits per heavy atom. The zero-order valence-electron chi connectivity index (χ0n) is 16.7. The van der Waals surface area contributed by atoms with Gasteiger partial charge in [0.25, 0.3) is 5.56 Å². The number of phenols is 1. The molecule has 0 aliphatic carbocycles. The van der Waals surface area contributed by atoms with Gasteiger partial charge in [0, 0.05) is 23.2 Å². The molecule has 150 valence electrons. The fraction of sp³-hybridized carbons (Fsp3) is 0.125. The molecular weight excluding hydrogens is 378 g/mol. The zero-order valence-corrected chi connectivity index (χ0v) is 16.7. The molecule has 2 N–H and O–H groups in total. The van der Waals surface area contributed by atoms with E-state index in [9.17, 15) is 14.7 Å². The number of phenolic OH excluding ortho intramolecular Hbond substituents is 1. The van der Waals surface area contributed by atoms with Crippen LogP contribution in [0.15, 0.2) is 71.5 Å². The Bertz CT molecular complexity index is 1310. The van der Waals surface area contributed by atoms with Crippen LogP contribution in [0.5, 0.6) is 5.75 Å². The molecule has 0 saturated carbocycles. The number of ketones is 1. The summed E-state index contributed by atoms with van der Waals surface area (Å²) in [6.45, 7) is 3.62. The topological polar surface area (TPSA) is 84.2 Å². The van der Waals surface area contributed by atoms with Crippen molar-refractivity contribution >= 4 is 27.9 Å². The van der Waals surface area contributed by atoms with Gasteiger partial charge in [0.15, 0.2) is 5.78 Å². The number of aryl methyl sites for hydroxylation is 1. The van der Waals surface area contributed by atoms with Crippen molar-refractivity contribution in [1.82, 2.24) is 9.78 Å². The summed E-state index contributed by atoms with van der Waals surface area (Å²) in [7, 11) is 0. The zero-order chi connectivity index (χ0) is 21.3. The fourth-order valence-electron chi connectivity index (χ4n) is 3.55. The minimum absolute atomic E-state index is 0.120. The highest BCUT2D eigenvalue weighted by molar-refractivity contribution is 6.06. The maximum atomic E-state index is 13.2. The van der Waals surface area contributed by atoms with Gasteiger partial charge < -0.3 is 10.4 Å². The SMILES string of the molecule is CCn1nc(-c2ccccc2)c(C(C)=O)c(Nc2cccc3ccc(O)cc23)c1=O. The fourth-order valence-corrected chi connectivity index (χ4v) is 3.55. The van der Waals surface area contributed by atoms with Crippen molar-refractivity contribution in [3.05, 3.63) is 82.6 Å². The third-order valence-corrected chi connectivity index (χ3v) is 4.98. The monoisotopic (exact) mass is 399 g/mol. The van der Waals surface area contributed by atoms with Crippen molar-refractivity contribution in [3.63, 3.8) is 0 Å². The van der Waals surface area contributed by atoms with Crippen LogP contribution < -0.4 is 10.9 Å². The van der Waals surface area contributed by atoms with Gasteiger partial charge in [-0.3, -0.25) is 9.59 Å². The van der Waals surface area contributed by atoms with Crippen molar-refractivity contribution in [3.8, 4) is 17.0 Å². The Labute approximate surface area is 173 Å². The molecular formula is C24H21N3O3. The number of fused-ring (bicyclic) bond motifs is 1. The Kier molecular flexibility index (Phi) is 5.06. The number of anilines is 2. The summed E-state index contributed by atoms with van der Waals surface area (Å²) in [6.07, 6.45) is 0. The van der Waals surface area contributed by atoms with E-state index in [1.807, 2.05) is 55.5 Å². The van der Waals surface area contributed by atoms with E-state index < -0.39 is 0 Å². The standard InChI is InChI=1S/C24H21N3O3/c1-3-27-24(30)23(21(15(2)28)22(26-27)17-8-5-4-6-9-17)25-20-11-7-10-16-12-13-18(29)14-19(16)20/h4-14,25,29H,3H2,1-2H3. The molecule has 30 heavy (non-hydrogen) atoms. The number of nitrogens with one attached hydrogen (secondary N) is 1. The molecule has 1 aromatic heterocycles. The predicted octanol–water partition coefficient (Wildman–Crippen LogP) is 4.74. The Balaban J connectivity index is 1.99. The number of nitrogens with zero attached hydrogens (tertiary/aromatic N) is 2. The first-order chi connectivity index (χ1) is 14.5. The smallest absolute Gasteiger partial charge is 0.291 e. The number of rotatable bonds is 5. The molecule has 0 aliphatic heterocycles. The normalized spacial score (nSPS) is 10.9. The van der Waals surface area contributed by atoms with Gasteiger partial charge in [-0.05, 0) is 37.4 Å². The molecule has 0 atom stereocenters. The van der Waals surface area contributed by atoms with Crippen LogP contribution in [0.4, 0.5) is 11.4 Å². The molecule has 0 radical (unpaired) electrons. The van der Waals surface area contributed by atoms with Crippen molar-refractivity contribution in [1.29, 1.82) is 0 Å². The van der Waals surface area contributed by atoms with E-state index >= 15 is 0 Å². The number of carbonyl (C=O) groups excluding carboxylic acids is 1. The summed E-state index contributed by atoms with van der Waals surface area (Å²) < 4.78 is 1.35. The van der Waals surface area contributed by atoms with Crippen LogP contribution in [-0.2, 0) is 6.54 Å². The molecule has 0 bridgehead atoms. The largest absolute Gasteiger partial charge is 0.508 e. The summed E-state index contributed by atoms with van der Waals surface area (Å²) in [5.74, 6) is -0.137. The summed E-state index contributed by atoms with van der Waals surface area (Å²) in [5.41, 5.74) is 1.87. The minimum Gasteiger partial charge on any atom is -0.508 e. The third-order valence-electron chi connectivity index (χ3n) is 4.98. The first-order valence-corrected chi connectivity index (χ1v) is 9.70. The Morgan fingerprint density at radius 1 is 1.07 bits per heavy atom. The van der Waals surface area contributed by atoms with E-state index in [0.717, 1.165) is 16.3 Å². The van der Waals surface area contributed by atoms with Crippen molar-refractivity contribution in [2.75, 3.05) is 5.32 Å². The third kappa shape index (κ3) is 3.43. The minimum atomic E-state index is -0.375. The van der Waals surface area contributed by atoms with Crippen LogP contribution >= 0.6 is 0 Å². The number of hydrogen-bond donors (Lipinski definition) is 2. The van der Waals surface area contributed by atoms with Crippen molar-refractivity contribution in [2.24, 2.45) is 0 Å². The first kappa shape index (κ1) is 19.4. The number of benzene rings is 3. The lowest BCUT2D eigenvalue weighted by Gasteiger charge is -2.17. The van der Waals surface area contributed by atoms with Crippen LogP contribution in [0.3, 0.4) is 0 Å². The van der Waals surface area contributed by atoms with Gasteiger partial charge in [-0.15, -0.1) is 0 Å². The van der Waals surface area contributed by atoms with E-state index in [4.69, 9.17) is 0 Å². The van der Waals surface area contributed by atoms with E-state index in [-0.39, 0.29) is 28.3 Å². The number of hydrogen-bond acceptors (Lipinski definition) is 5. The van der Waals surface area contributed by atoms with Crippen LogP contribution in [0, 0.1) is 0 Å². The number of aromatic nitrogens is 2. The lowest BCUT2D eigenvalue weighted by atomic mass is 10.0. The van der Waals surface area contributed by atoms with Crippen molar-refractivity contribution in [2.45, 2.75) is 20.4 Å². The molecule has 3 aromatic carbocycles. The van der Waals surface area contributed by atoms with Crippen LogP contribution in [0.1, 0.15) is 24.2 Å².